The van der Waals surface area contributed by atoms with Gasteiger partial charge in [0, 0.05) is 18.7 Å². The minimum Gasteiger partial charge on any atom is -0.329 e. The van der Waals surface area contributed by atoms with Crippen molar-refractivity contribution < 1.29 is 17.2 Å². The number of nitrogens with two attached hydrogens (primary N) is 1. The lowest BCUT2D eigenvalue weighted by Gasteiger charge is -2.16. The summed E-state index contributed by atoms with van der Waals surface area (Å²) in [5.74, 6) is -1.78. The van der Waals surface area contributed by atoms with Gasteiger partial charge < -0.3 is 5.73 Å². The van der Waals surface area contributed by atoms with Gasteiger partial charge in [-0.2, -0.15) is 0 Å². The average Bonchev–Trinajstić information content (AvgIpc) is 3.14. The van der Waals surface area contributed by atoms with Gasteiger partial charge in [-0.3, -0.25) is 0 Å². The third-order valence-electron chi connectivity index (χ3n) is 3.02. The molecule has 0 aromatic heterocycles. The van der Waals surface area contributed by atoms with Crippen LogP contribution in [-0.2, 0) is 10.0 Å². The zero-order valence-corrected chi connectivity index (χ0v) is 13.5. The van der Waals surface area contributed by atoms with Crippen molar-refractivity contribution in [2.45, 2.75) is 23.8 Å². The van der Waals surface area contributed by atoms with Crippen LogP contribution >= 0.6 is 28.3 Å². The fourth-order valence-electron chi connectivity index (χ4n) is 1.81. The number of hydrogen-bond acceptors (Lipinski definition) is 3. The van der Waals surface area contributed by atoms with E-state index in [9.17, 15) is 17.2 Å². The molecule has 1 atom stereocenters. The molecule has 0 aliphatic heterocycles. The van der Waals surface area contributed by atoms with Crippen LogP contribution < -0.4 is 10.5 Å². The summed E-state index contributed by atoms with van der Waals surface area (Å²) in [5, 5.41) is 0. The first-order valence-corrected chi connectivity index (χ1v) is 7.99. The fourth-order valence-corrected chi connectivity index (χ4v) is 3.71. The van der Waals surface area contributed by atoms with Crippen LogP contribution in [0.2, 0.25) is 0 Å². The molecule has 0 saturated heterocycles. The zero-order chi connectivity index (χ0) is 14.2. The fraction of sp³-hybridized carbons (Fsp3) is 0.455. The van der Waals surface area contributed by atoms with Gasteiger partial charge in [-0.05, 0) is 40.8 Å². The third-order valence-corrected chi connectivity index (χ3v) is 5.13. The molecule has 1 fully saturated rings. The molecular weight excluding hydrogens is 378 g/mol. The van der Waals surface area contributed by atoms with Crippen molar-refractivity contribution in [1.82, 2.24) is 4.72 Å². The molecule has 0 spiro atoms. The molecule has 1 aromatic rings. The second-order valence-electron chi connectivity index (χ2n) is 4.50. The first-order chi connectivity index (χ1) is 8.85. The SMILES string of the molecule is Cl.NCC(NS(=O)(=O)c1cc(Br)c(F)cc1F)C1CC1. The van der Waals surface area contributed by atoms with Crippen LogP contribution in [0.25, 0.3) is 0 Å². The lowest BCUT2D eigenvalue weighted by Crippen LogP contribution is -2.41. The maximum atomic E-state index is 13.6. The van der Waals surface area contributed by atoms with Crippen LogP contribution in [0.15, 0.2) is 21.5 Å². The van der Waals surface area contributed by atoms with Crippen LogP contribution in [0.5, 0.6) is 0 Å². The molecule has 0 radical (unpaired) electrons. The van der Waals surface area contributed by atoms with Gasteiger partial charge in [-0.25, -0.2) is 21.9 Å². The first-order valence-electron chi connectivity index (χ1n) is 5.72. The molecular formula is C11H14BrClF2N2O2S. The average molecular weight is 392 g/mol. The second-order valence-corrected chi connectivity index (χ2v) is 7.03. The molecule has 4 nitrogen and oxygen atoms in total. The molecule has 0 amide bonds. The van der Waals surface area contributed by atoms with Crippen molar-refractivity contribution in [2.75, 3.05) is 6.54 Å². The highest BCUT2D eigenvalue weighted by Crippen LogP contribution is 2.33. The summed E-state index contributed by atoms with van der Waals surface area (Å²) >= 11 is 2.84. The van der Waals surface area contributed by atoms with E-state index in [1.165, 1.54) is 0 Å². The lowest BCUT2D eigenvalue weighted by atomic mass is 10.2. The molecule has 9 heteroatoms. The largest absolute Gasteiger partial charge is 0.329 e. The normalized spacial score (nSPS) is 16.6. The van der Waals surface area contributed by atoms with Crippen molar-refractivity contribution in [3.05, 3.63) is 28.2 Å². The Balaban J connectivity index is 0.00000200. The highest BCUT2D eigenvalue weighted by Gasteiger charge is 2.34. The Labute approximate surface area is 130 Å². The summed E-state index contributed by atoms with van der Waals surface area (Å²) < 4.78 is 53.1. The van der Waals surface area contributed by atoms with Crippen molar-refractivity contribution in [2.24, 2.45) is 11.7 Å². The standard InChI is InChI=1S/C11H13BrF2N2O2S.ClH/c12-7-3-11(9(14)4-8(7)13)19(17,18)16-10(5-15)6-1-2-6;/h3-4,6,10,16H,1-2,5,15H2;1H. The van der Waals surface area contributed by atoms with Gasteiger partial charge in [0.2, 0.25) is 10.0 Å². The third kappa shape index (κ3) is 3.88. The van der Waals surface area contributed by atoms with Crippen molar-refractivity contribution in [3.63, 3.8) is 0 Å². The maximum Gasteiger partial charge on any atom is 0.243 e. The van der Waals surface area contributed by atoms with Crippen LogP contribution in [0.1, 0.15) is 12.8 Å². The van der Waals surface area contributed by atoms with E-state index < -0.39 is 32.6 Å². The summed E-state index contributed by atoms with van der Waals surface area (Å²) in [6, 6.07) is 1.04. The topological polar surface area (TPSA) is 72.2 Å². The summed E-state index contributed by atoms with van der Waals surface area (Å²) in [4.78, 5) is -0.583. The summed E-state index contributed by atoms with van der Waals surface area (Å²) in [7, 11) is -4.05. The Kier molecular flexibility index (Phi) is 5.91. The van der Waals surface area contributed by atoms with Crippen LogP contribution in [0.4, 0.5) is 8.78 Å². The van der Waals surface area contributed by atoms with Gasteiger partial charge in [-0.15, -0.1) is 12.4 Å². The molecule has 0 heterocycles. The Bertz CT molecular complexity index is 596. The molecule has 1 aliphatic carbocycles. The molecule has 114 valence electrons. The molecule has 1 aromatic carbocycles. The molecule has 1 saturated carbocycles. The predicted octanol–water partition coefficient (Wildman–Crippen LogP) is 2.16. The Morgan fingerprint density at radius 2 is 1.95 bits per heavy atom. The highest BCUT2D eigenvalue weighted by atomic mass is 79.9. The van der Waals surface area contributed by atoms with E-state index in [1.807, 2.05) is 0 Å². The Morgan fingerprint density at radius 1 is 1.35 bits per heavy atom. The van der Waals surface area contributed by atoms with E-state index in [4.69, 9.17) is 5.73 Å². The van der Waals surface area contributed by atoms with Crippen LogP contribution in [0, 0.1) is 17.6 Å². The highest BCUT2D eigenvalue weighted by molar-refractivity contribution is 9.10. The Morgan fingerprint density at radius 3 is 2.45 bits per heavy atom. The molecule has 2 rings (SSSR count). The monoisotopic (exact) mass is 390 g/mol. The zero-order valence-electron chi connectivity index (χ0n) is 10.3. The van der Waals surface area contributed by atoms with E-state index >= 15 is 0 Å². The lowest BCUT2D eigenvalue weighted by molar-refractivity contribution is 0.508. The number of benzene rings is 1. The minimum atomic E-state index is -4.05. The minimum absolute atomic E-state index is 0. The molecule has 3 N–H and O–H groups in total. The predicted molar refractivity (Wildman–Crippen MR) is 77.2 cm³/mol. The number of sulfonamides is 1. The van der Waals surface area contributed by atoms with Gasteiger partial charge in [0.05, 0.1) is 4.47 Å². The van der Waals surface area contributed by atoms with Crippen LogP contribution in [-0.4, -0.2) is 21.0 Å². The summed E-state index contributed by atoms with van der Waals surface area (Å²) in [5.41, 5.74) is 5.50. The first kappa shape index (κ1) is 17.8. The van der Waals surface area contributed by atoms with Gasteiger partial charge in [0.1, 0.15) is 16.5 Å². The maximum absolute atomic E-state index is 13.6. The van der Waals surface area contributed by atoms with Crippen molar-refractivity contribution in [3.8, 4) is 0 Å². The smallest absolute Gasteiger partial charge is 0.243 e. The molecule has 0 bridgehead atoms. The van der Waals surface area contributed by atoms with E-state index in [0.29, 0.717) is 6.07 Å². The molecule has 1 aliphatic rings. The van der Waals surface area contributed by atoms with E-state index in [-0.39, 0.29) is 29.3 Å². The van der Waals surface area contributed by atoms with Gasteiger partial charge >= 0.3 is 0 Å². The van der Waals surface area contributed by atoms with Crippen molar-refractivity contribution in [1.29, 1.82) is 0 Å². The van der Waals surface area contributed by atoms with Gasteiger partial charge in [0.25, 0.3) is 0 Å². The summed E-state index contributed by atoms with van der Waals surface area (Å²) in [6.45, 7) is 0.147. The number of halogens is 4. The quantitative estimate of drug-likeness (QED) is 0.756. The van der Waals surface area contributed by atoms with Gasteiger partial charge in [-0.1, -0.05) is 0 Å². The van der Waals surface area contributed by atoms with Crippen molar-refractivity contribution >= 4 is 38.4 Å². The van der Waals surface area contributed by atoms with E-state index in [2.05, 4.69) is 20.7 Å². The van der Waals surface area contributed by atoms with Crippen LogP contribution in [0.3, 0.4) is 0 Å². The van der Waals surface area contributed by atoms with Gasteiger partial charge in [0.15, 0.2) is 0 Å². The summed E-state index contributed by atoms with van der Waals surface area (Å²) in [6.07, 6.45) is 1.81. The Hall–Kier alpha value is -0.280. The van der Waals surface area contributed by atoms with E-state index in [0.717, 1.165) is 18.9 Å². The number of hydrogen-bond donors (Lipinski definition) is 2. The number of rotatable bonds is 5. The number of nitrogens with one attached hydrogen (secondary N) is 1. The second kappa shape index (κ2) is 6.65. The molecule has 20 heavy (non-hydrogen) atoms. The molecule has 1 unspecified atom stereocenters. The van der Waals surface area contributed by atoms with E-state index in [1.54, 1.807) is 0 Å².